The summed E-state index contributed by atoms with van der Waals surface area (Å²) in [7, 11) is 0. The first-order valence-corrected chi connectivity index (χ1v) is 9.25. The van der Waals surface area contributed by atoms with Gasteiger partial charge in [-0.15, -0.1) is 0 Å². The number of nitrogens with one attached hydrogen (secondary N) is 1. The Morgan fingerprint density at radius 3 is 2.66 bits per heavy atom. The van der Waals surface area contributed by atoms with Crippen LogP contribution in [0.15, 0.2) is 63.8 Å². The van der Waals surface area contributed by atoms with Gasteiger partial charge in [0.1, 0.15) is 11.3 Å². The molecule has 1 aromatic heterocycles. The van der Waals surface area contributed by atoms with Crippen LogP contribution in [0.5, 0.6) is 5.75 Å². The molecule has 3 aromatic rings. The maximum absolute atomic E-state index is 12.2. The summed E-state index contributed by atoms with van der Waals surface area (Å²) in [5, 5.41) is 3.55. The van der Waals surface area contributed by atoms with Crippen LogP contribution in [0, 0.1) is 0 Å². The number of anilines is 1. The third-order valence-corrected chi connectivity index (χ3v) is 4.38. The Balaban J connectivity index is 1.60. The molecule has 7 heteroatoms. The smallest absolute Gasteiger partial charge is 0.336 e. The number of carbonyl (C=O) groups excluding carboxylic acids is 2. The number of carbonyl (C=O) groups is 2. The Kier molecular flexibility index (Phi) is 6.29. The number of benzene rings is 2. The van der Waals surface area contributed by atoms with Gasteiger partial charge in [-0.05, 0) is 42.8 Å². The number of rotatable bonds is 7. The first kappa shape index (κ1) is 20.1. The van der Waals surface area contributed by atoms with Crippen LogP contribution in [-0.2, 0) is 16.1 Å². The lowest BCUT2D eigenvalue weighted by Gasteiger charge is -2.19. The normalized spacial score (nSPS) is 10.6. The van der Waals surface area contributed by atoms with E-state index in [2.05, 4.69) is 5.32 Å². The van der Waals surface area contributed by atoms with Crippen molar-refractivity contribution in [1.29, 1.82) is 0 Å². The van der Waals surface area contributed by atoms with Gasteiger partial charge in [-0.25, -0.2) is 4.79 Å². The summed E-state index contributed by atoms with van der Waals surface area (Å²) in [5.41, 5.74) is 1.50. The monoisotopic (exact) mass is 394 g/mol. The minimum absolute atomic E-state index is 0.00144. The number of fused-ring (bicyclic) bond motifs is 1. The highest BCUT2D eigenvalue weighted by atomic mass is 16.5. The van der Waals surface area contributed by atoms with Gasteiger partial charge in [0.25, 0.3) is 5.91 Å². The van der Waals surface area contributed by atoms with Crippen LogP contribution >= 0.6 is 0 Å². The molecule has 29 heavy (non-hydrogen) atoms. The van der Waals surface area contributed by atoms with Gasteiger partial charge in [-0.3, -0.25) is 9.59 Å². The van der Waals surface area contributed by atoms with Gasteiger partial charge >= 0.3 is 5.63 Å². The van der Waals surface area contributed by atoms with E-state index in [-0.39, 0.29) is 18.4 Å². The molecule has 0 aliphatic carbocycles. The van der Waals surface area contributed by atoms with Crippen molar-refractivity contribution >= 4 is 28.5 Å². The van der Waals surface area contributed by atoms with Gasteiger partial charge in [-0.1, -0.05) is 12.1 Å². The summed E-state index contributed by atoms with van der Waals surface area (Å²) in [4.78, 5) is 36.8. The SMILES string of the molecule is CCN(Cc1cccc(NC(=O)COc2ccc3ccc(=O)oc3c2)c1)C(C)=O. The number of hydrogen-bond donors (Lipinski definition) is 1. The molecule has 150 valence electrons. The molecule has 3 rings (SSSR count). The van der Waals surface area contributed by atoms with Crippen LogP contribution in [0.4, 0.5) is 5.69 Å². The Hall–Kier alpha value is -3.61. The maximum atomic E-state index is 12.2. The molecule has 1 heterocycles. The predicted octanol–water partition coefficient (Wildman–Crippen LogP) is 3.18. The van der Waals surface area contributed by atoms with Gasteiger partial charge in [0.2, 0.25) is 5.91 Å². The van der Waals surface area contributed by atoms with Crippen LogP contribution in [-0.4, -0.2) is 29.9 Å². The Bertz CT molecular complexity index is 1090. The molecular weight excluding hydrogens is 372 g/mol. The van der Waals surface area contributed by atoms with Crippen LogP contribution in [0.1, 0.15) is 19.4 Å². The molecular formula is C22H22N2O5. The van der Waals surface area contributed by atoms with Crippen LogP contribution < -0.4 is 15.7 Å². The van der Waals surface area contributed by atoms with Gasteiger partial charge in [-0.2, -0.15) is 0 Å². The summed E-state index contributed by atoms with van der Waals surface area (Å²) in [6.45, 7) is 4.36. The van der Waals surface area contributed by atoms with E-state index >= 15 is 0 Å². The van der Waals surface area contributed by atoms with Crippen LogP contribution in [0.25, 0.3) is 11.0 Å². The molecule has 0 saturated carbocycles. The average Bonchev–Trinajstić information content (AvgIpc) is 2.70. The highest BCUT2D eigenvalue weighted by Gasteiger charge is 2.09. The Labute approximate surface area is 167 Å². The second kappa shape index (κ2) is 9.05. The molecule has 0 saturated heterocycles. The van der Waals surface area contributed by atoms with Crippen molar-refractivity contribution in [3.63, 3.8) is 0 Å². The van der Waals surface area contributed by atoms with Crippen molar-refractivity contribution in [3.05, 3.63) is 70.6 Å². The zero-order valence-corrected chi connectivity index (χ0v) is 16.3. The summed E-state index contributed by atoms with van der Waals surface area (Å²) in [6, 6.07) is 15.4. The minimum Gasteiger partial charge on any atom is -0.484 e. The summed E-state index contributed by atoms with van der Waals surface area (Å²) < 4.78 is 10.6. The van der Waals surface area contributed by atoms with Gasteiger partial charge < -0.3 is 19.4 Å². The zero-order valence-electron chi connectivity index (χ0n) is 16.3. The molecule has 2 aromatic carbocycles. The third kappa shape index (κ3) is 5.44. The quantitative estimate of drug-likeness (QED) is 0.622. The first-order valence-electron chi connectivity index (χ1n) is 9.25. The zero-order chi connectivity index (χ0) is 20.8. The summed E-state index contributed by atoms with van der Waals surface area (Å²) in [5.74, 6) is 0.105. The molecule has 0 unspecified atom stereocenters. The number of ether oxygens (including phenoxy) is 1. The second-order valence-corrected chi connectivity index (χ2v) is 6.52. The van der Waals surface area contributed by atoms with Crippen molar-refractivity contribution in [3.8, 4) is 5.75 Å². The van der Waals surface area contributed by atoms with Crippen molar-refractivity contribution in [2.75, 3.05) is 18.5 Å². The van der Waals surface area contributed by atoms with E-state index < -0.39 is 5.63 Å². The van der Waals surface area contributed by atoms with E-state index in [0.29, 0.717) is 30.1 Å². The van der Waals surface area contributed by atoms with Crippen molar-refractivity contribution < 1.29 is 18.7 Å². The van der Waals surface area contributed by atoms with E-state index in [4.69, 9.17) is 9.15 Å². The lowest BCUT2D eigenvalue weighted by Crippen LogP contribution is -2.27. The second-order valence-electron chi connectivity index (χ2n) is 6.52. The van der Waals surface area contributed by atoms with Crippen LogP contribution in [0.3, 0.4) is 0 Å². The van der Waals surface area contributed by atoms with E-state index in [1.165, 1.54) is 13.0 Å². The topological polar surface area (TPSA) is 88.8 Å². The average molecular weight is 394 g/mol. The summed E-state index contributed by atoms with van der Waals surface area (Å²) >= 11 is 0. The summed E-state index contributed by atoms with van der Waals surface area (Å²) in [6.07, 6.45) is 0. The van der Waals surface area contributed by atoms with Crippen molar-refractivity contribution in [1.82, 2.24) is 4.90 Å². The Morgan fingerprint density at radius 2 is 1.90 bits per heavy atom. The predicted molar refractivity (Wildman–Crippen MR) is 110 cm³/mol. The van der Waals surface area contributed by atoms with Crippen LogP contribution in [0.2, 0.25) is 0 Å². The first-order chi connectivity index (χ1) is 13.9. The van der Waals surface area contributed by atoms with Gasteiger partial charge in [0.05, 0.1) is 0 Å². The van der Waals surface area contributed by atoms with Gasteiger partial charge in [0, 0.05) is 43.2 Å². The van der Waals surface area contributed by atoms with Gasteiger partial charge in [0.15, 0.2) is 6.61 Å². The fraction of sp³-hybridized carbons (Fsp3) is 0.227. The number of nitrogens with zero attached hydrogens (tertiary/aromatic N) is 1. The molecule has 7 nitrogen and oxygen atoms in total. The van der Waals surface area contributed by atoms with E-state index in [0.717, 1.165) is 10.9 Å². The lowest BCUT2D eigenvalue weighted by atomic mass is 10.2. The largest absolute Gasteiger partial charge is 0.484 e. The molecule has 0 atom stereocenters. The lowest BCUT2D eigenvalue weighted by molar-refractivity contribution is -0.129. The molecule has 0 aliphatic heterocycles. The maximum Gasteiger partial charge on any atom is 0.336 e. The Morgan fingerprint density at radius 1 is 1.10 bits per heavy atom. The molecule has 2 amide bonds. The van der Waals surface area contributed by atoms with Crippen molar-refractivity contribution in [2.24, 2.45) is 0 Å². The fourth-order valence-corrected chi connectivity index (χ4v) is 2.89. The number of hydrogen-bond acceptors (Lipinski definition) is 5. The molecule has 0 spiro atoms. The molecule has 0 aliphatic rings. The highest BCUT2D eigenvalue weighted by molar-refractivity contribution is 5.92. The van der Waals surface area contributed by atoms with Crippen molar-refractivity contribution in [2.45, 2.75) is 20.4 Å². The third-order valence-electron chi connectivity index (χ3n) is 4.38. The molecule has 0 fully saturated rings. The highest BCUT2D eigenvalue weighted by Crippen LogP contribution is 2.19. The van der Waals surface area contributed by atoms with E-state index in [1.54, 1.807) is 35.2 Å². The minimum atomic E-state index is -0.446. The molecule has 0 bridgehead atoms. The molecule has 0 radical (unpaired) electrons. The molecule has 1 N–H and O–H groups in total. The van der Waals surface area contributed by atoms with E-state index in [9.17, 15) is 14.4 Å². The fourth-order valence-electron chi connectivity index (χ4n) is 2.89. The standard InChI is InChI=1S/C22H22N2O5/c1-3-24(15(2)25)13-16-5-4-6-18(11-16)23-21(26)14-28-19-9-7-17-8-10-22(27)29-20(17)12-19/h4-12H,3,13-14H2,1-2H3,(H,23,26). The number of amides is 2. The van der Waals surface area contributed by atoms with E-state index in [1.807, 2.05) is 25.1 Å².